The van der Waals surface area contributed by atoms with Gasteiger partial charge < -0.3 is 4.74 Å². The Morgan fingerprint density at radius 2 is 1.57 bits per heavy atom. The van der Waals surface area contributed by atoms with Gasteiger partial charge >= 0.3 is 0 Å². The molecular weight excluding hydrogens is 176 g/mol. The van der Waals surface area contributed by atoms with Crippen LogP contribution >= 0.6 is 0 Å². The van der Waals surface area contributed by atoms with Gasteiger partial charge in [0.25, 0.3) is 0 Å². The van der Waals surface area contributed by atoms with Crippen LogP contribution in [-0.4, -0.2) is 18.5 Å². The molecule has 0 aromatic heterocycles. The molecule has 0 saturated heterocycles. The van der Waals surface area contributed by atoms with Gasteiger partial charge in [-0.1, -0.05) is 41.5 Å². The molecule has 2 heteroatoms. The van der Waals surface area contributed by atoms with E-state index in [0.717, 1.165) is 0 Å². The zero-order valence-corrected chi connectivity index (χ0v) is 10.3. The van der Waals surface area contributed by atoms with Crippen molar-refractivity contribution in [1.82, 2.24) is 0 Å². The number of carbonyl (C=O) groups is 1. The fraction of sp³-hybridized carbons (Fsp3) is 0.917. The molecule has 0 aliphatic heterocycles. The van der Waals surface area contributed by atoms with Gasteiger partial charge in [-0.05, 0) is 11.8 Å². The van der Waals surface area contributed by atoms with E-state index in [1.54, 1.807) is 0 Å². The minimum absolute atomic E-state index is 0.0644. The summed E-state index contributed by atoms with van der Waals surface area (Å²) in [5, 5.41) is 0. The smallest absolute Gasteiger partial charge is 0.164 e. The molecule has 0 aromatic rings. The Kier molecular flexibility index (Phi) is 6.01. The summed E-state index contributed by atoms with van der Waals surface area (Å²) in [5.41, 5.74) is 0. The van der Waals surface area contributed by atoms with Gasteiger partial charge in [-0.25, -0.2) is 0 Å². The molecule has 2 nitrogen and oxygen atoms in total. The fourth-order valence-corrected chi connectivity index (χ4v) is 1.23. The highest BCUT2D eigenvalue weighted by Crippen LogP contribution is 2.14. The standard InChI is InChI=1S/C12H24O2/c1-8(2)7-14-12(10(5)6)11(13)9(3)4/h8-10,12H,7H2,1-6H3/t12-/m1/s1. The van der Waals surface area contributed by atoms with E-state index in [0.29, 0.717) is 12.5 Å². The van der Waals surface area contributed by atoms with Crippen molar-refractivity contribution in [2.75, 3.05) is 6.61 Å². The highest BCUT2D eigenvalue weighted by atomic mass is 16.5. The van der Waals surface area contributed by atoms with Crippen molar-refractivity contribution in [1.29, 1.82) is 0 Å². The second kappa shape index (κ2) is 6.18. The fourth-order valence-electron chi connectivity index (χ4n) is 1.23. The number of rotatable bonds is 6. The summed E-state index contributed by atoms with van der Waals surface area (Å²) in [6.07, 6.45) is -0.225. The molecule has 0 aliphatic rings. The largest absolute Gasteiger partial charge is 0.370 e. The topological polar surface area (TPSA) is 26.3 Å². The lowest BCUT2D eigenvalue weighted by Gasteiger charge is -2.23. The van der Waals surface area contributed by atoms with E-state index in [1.807, 2.05) is 27.7 Å². The zero-order valence-electron chi connectivity index (χ0n) is 10.3. The van der Waals surface area contributed by atoms with Gasteiger partial charge in [0, 0.05) is 12.5 Å². The van der Waals surface area contributed by atoms with Crippen LogP contribution < -0.4 is 0 Å². The number of hydrogen-bond acceptors (Lipinski definition) is 2. The normalized spacial score (nSPS) is 14.1. The monoisotopic (exact) mass is 200 g/mol. The van der Waals surface area contributed by atoms with Gasteiger partial charge in [-0.2, -0.15) is 0 Å². The second-order valence-corrected chi connectivity index (χ2v) is 4.95. The van der Waals surface area contributed by atoms with Crippen molar-refractivity contribution in [3.05, 3.63) is 0 Å². The van der Waals surface area contributed by atoms with E-state index >= 15 is 0 Å². The summed E-state index contributed by atoms with van der Waals surface area (Å²) >= 11 is 0. The molecule has 0 amide bonds. The molecule has 0 aromatic carbocycles. The molecule has 0 N–H and O–H groups in total. The van der Waals surface area contributed by atoms with Gasteiger partial charge in [-0.15, -0.1) is 0 Å². The van der Waals surface area contributed by atoms with E-state index in [4.69, 9.17) is 4.74 Å². The van der Waals surface area contributed by atoms with E-state index < -0.39 is 0 Å². The Labute approximate surface area is 88.0 Å². The molecule has 0 aliphatic carbocycles. The first-order chi connectivity index (χ1) is 6.36. The molecule has 84 valence electrons. The molecular formula is C12H24O2. The Morgan fingerprint density at radius 1 is 1.07 bits per heavy atom. The average Bonchev–Trinajstić information content (AvgIpc) is 2.02. The van der Waals surface area contributed by atoms with Crippen LogP contribution in [0.25, 0.3) is 0 Å². The quantitative estimate of drug-likeness (QED) is 0.659. The number of hydrogen-bond donors (Lipinski definition) is 0. The van der Waals surface area contributed by atoms with Crippen molar-refractivity contribution in [3.63, 3.8) is 0 Å². The summed E-state index contributed by atoms with van der Waals surface area (Å²) in [6, 6.07) is 0. The SMILES string of the molecule is CC(C)CO[C@@H](C(=O)C(C)C)C(C)C. The molecule has 0 rings (SSSR count). The molecule has 0 radical (unpaired) electrons. The third-order valence-electron chi connectivity index (χ3n) is 2.06. The van der Waals surface area contributed by atoms with Crippen LogP contribution in [0.2, 0.25) is 0 Å². The van der Waals surface area contributed by atoms with Crippen molar-refractivity contribution in [3.8, 4) is 0 Å². The lowest BCUT2D eigenvalue weighted by atomic mass is 9.95. The van der Waals surface area contributed by atoms with Crippen LogP contribution in [0.1, 0.15) is 41.5 Å². The Morgan fingerprint density at radius 3 is 1.86 bits per heavy atom. The third kappa shape index (κ3) is 4.75. The molecule has 0 fully saturated rings. The molecule has 0 saturated carbocycles. The van der Waals surface area contributed by atoms with Crippen LogP contribution in [0.15, 0.2) is 0 Å². The predicted octanol–water partition coefficient (Wildman–Crippen LogP) is 2.91. The van der Waals surface area contributed by atoms with Gasteiger partial charge in [0.05, 0.1) is 0 Å². The van der Waals surface area contributed by atoms with Crippen LogP contribution in [0.4, 0.5) is 0 Å². The van der Waals surface area contributed by atoms with Crippen molar-refractivity contribution in [2.24, 2.45) is 17.8 Å². The second-order valence-electron chi connectivity index (χ2n) is 4.95. The van der Waals surface area contributed by atoms with Gasteiger partial charge in [0.2, 0.25) is 0 Å². The minimum Gasteiger partial charge on any atom is -0.370 e. The lowest BCUT2D eigenvalue weighted by molar-refractivity contribution is -0.137. The van der Waals surface area contributed by atoms with E-state index in [-0.39, 0.29) is 23.7 Å². The van der Waals surface area contributed by atoms with Crippen molar-refractivity contribution in [2.45, 2.75) is 47.6 Å². The zero-order chi connectivity index (χ0) is 11.3. The predicted molar refractivity (Wildman–Crippen MR) is 59.3 cm³/mol. The van der Waals surface area contributed by atoms with E-state index in [9.17, 15) is 4.79 Å². The van der Waals surface area contributed by atoms with E-state index in [2.05, 4.69) is 13.8 Å². The highest BCUT2D eigenvalue weighted by molar-refractivity contribution is 5.85. The number of carbonyl (C=O) groups excluding carboxylic acids is 1. The summed E-state index contributed by atoms with van der Waals surface area (Å²) in [7, 11) is 0. The molecule has 0 unspecified atom stereocenters. The van der Waals surface area contributed by atoms with Crippen molar-refractivity contribution >= 4 is 5.78 Å². The Bertz CT molecular complexity index is 171. The van der Waals surface area contributed by atoms with Crippen LogP contribution in [0.3, 0.4) is 0 Å². The average molecular weight is 200 g/mol. The summed E-state index contributed by atoms with van der Waals surface area (Å²) < 4.78 is 5.64. The van der Waals surface area contributed by atoms with Gasteiger partial charge in [-0.3, -0.25) is 4.79 Å². The number of ketones is 1. The Balaban J connectivity index is 4.23. The molecule has 0 heterocycles. The first kappa shape index (κ1) is 13.6. The van der Waals surface area contributed by atoms with E-state index in [1.165, 1.54) is 0 Å². The van der Waals surface area contributed by atoms with Gasteiger partial charge in [0.1, 0.15) is 6.10 Å². The molecule has 0 spiro atoms. The number of ether oxygens (including phenoxy) is 1. The lowest BCUT2D eigenvalue weighted by Crippen LogP contribution is -2.34. The molecule has 14 heavy (non-hydrogen) atoms. The van der Waals surface area contributed by atoms with Crippen LogP contribution in [0.5, 0.6) is 0 Å². The summed E-state index contributed by atoms with van der Waals surface area (Å²) in [4.78, 5) is 11.8. The molecule has 1 atom stereocenters. The van der Waals surface area contributed by atoms with Crippen molar-refractivity contribution < 1.29 is 9.53 Å². The van der Waals surface area contributed by atoms with Crippen LogP contribution in [0, 0.1) is 17.8 Å². The first-order valence-electron chi connectivity index (χ1n) is 5.51. The third-order valence-corrected chi connectivity index (χ3v) is 2.06. The number of Topliss-reactive ketones (excluding diaryl/α,β-unsaturated/α-hetero) is 1. The summed E-state index contributed by atoms with van der Waals surface area (Å²) in [6.45, 7) is 12.8. The first-order valence-corrected chi connectivity index (χ1v) is 5.51. The maximum Gasteiger partial charge on any atom is 0.164 e. The van der Waals surface area contributed by atoms with Crippen LogP contribution in [-0.2, 0) is 9.53 Å². The maximum absolute atomic E-state index is 11.8. The maximum atomic E-state index is 11.8. The highest BCUT2D eigenvalue weighted by Gasteiger charge is 2.25. The Hall–Kier alpha value is -0.370. The summed E-state index contributed by atoms with van der Waals surface area (Å²) in [5.74, 6) is 1.04. The molecule has 0 bridgehead atoms. The minimum atomic E-state index is -0.225. The van der Waals surface area contributed by atoms with Gasteiger partial charge in [0.15, 0.2) is 5.78 Å².